The lowest BCUT2D eigenvalue weighted by Crippen LogP contribution is -2.37. The third-order valence-corrected chi connectivity index (χ3v) is 3.22. The molecule has 1 saturated carbocycles. The molecule has 0 unspecified atom stereocenters. The first-order chi connectivity index (χ1) is 9.49. The zero-order valence-corrected chi connectivity index (χ0v) is 11.0. The van der Waals surface area contributed by atoms with Gasteiger partial charge < -0.3 is 10.1 Å². The van der Waals surface area contributed by atoms with Crippen molar-refractivity contribution in [2.45, 2.75) is 25.8 Å². The maximum atomic E-state index is 13.3. The van der Waals surface area contributed by atoms with Gasteiger partial charge in [-0.05, 0) is 37.8 Å². The van der Waals surface area contributed by atoms with E-state index in [-0.39, 0.29) is 6.04 Å². The minimum atomic E-state index is -1.19. The van der Waals surface area contributed by atoms with Gasteiger partial charge in [0.2, 0.25) is 0 Å². The van der Waals surface area contributed by atoms with Crippen molar-refractivity contribution in [3.05, 3.63) is 35.4 Å². The standard InChI is InChI=1S/C14H15F2NO3/c1-8(9-5-6-9)17-12(18)7-20-14(19)13-10(15)3-2-4-11(13)16/h2-4,8-9H,5-7H2,1H3,(H,17,18)/t8-/m0/s1. The third-order valence-electron chi connectivity index (χ3n) is 3.22. The van der Waals surface area contributed by atoms with Gasteiger partial charge in [0.05, 0.1) is 0 Å². The van der Waals surface area contributed by atoms with E-state index < -0.39 is 35.7 Å². The van der Waals surface area contributed by atoms with Crippen molar-refractivity contribution in [1.29, 1.82) is 0 Å². The van der Waals surface area contributed by atoms with Gasteiger partial charge in [0, 0.05) is 6.04 Å². The van der Waals surface area contributed by atoms with Gasteiger partial charge in [-0.15, -0.1) is 0 Å². The molecule has 0 bridgehead atoms. The Bertz CT molecular complexity index is 509. The molecule has 1 atom stereocenters. The highest BCUT2D eigenvalue weighted by atomic mass is 19.1. The Hall–Kier alpha value is -1.98. The quantitative estimate of drug-likeness (QED) is 0.841. The van der Waals surface area contributed by atoms with Crippen molar-refractivity contribution < 1.29 is 23.1 Å². The fraction of sp³-hybridized carbons (Fsp3) is 0.429. The summed E-state index contributed by atoms with van der Waals surface area (Å²) in [5, 5.41) is 2.67. The van der Waals surface area contributed by atoms with Gasteiger partial charge >= 0.3 is 5.97 Å². The topological polar surface area (TPSA) is 55.4 Å². The van der Waals surface area contributed by atoms with E-state index in [1.165, 1.54) is 0 Å². The number of hydrogen-bond acceptors (Lipinski definition) is 3. The van der Waals surface area contributed by atoms with Crippen LogP contribution in [-0.4, -0.2) is 24.5 Å². The van der Waals surface area contributed by atoms with E-state index in [0.717, 1.165) is 31.0 Å². The summed E-state index contributed by atoms with van der Waals surface area (Å²) < 4.78 is 31.2. The van der Waals surface area contributed by atoms with Crippen molar-refractivity contribution >= 4 is 11.9 Å². The van der Waals surface area contributed by atoms with Crippen molar-refractivity contribution in [3.8, 4) is 0 Å². The highest BCUT2D eigenvalue weighted by molar-refractivity contribution is 5.91. The molecule has 1 aliphatic carbocycles. The van der Waals surface area contributed by atoms with Crippen LogP contribution in [0.5, 0.6) is 0 Å². The molecule has 1 aliphatic rings. The summed E-state index contributed by atoms with van der Waals surface area (Å²) in [6.45, 7) is 1.32. The molecule has 0 aromatic heterocycles. The molecular weight excluding hydrogens is 268 g/mol. The minimum absolute atomic E-state index is 0.0198. The Morgan fingerprint density at radius 1 is 1.35 bits per heavy atom. The minimum Gasteiger partial charge on any atom is -0.452 e. The van der Waals surface area contributed by atoms with Gasteiger partial charge in [0.15, 0.2) is 6.61 Å². The van der Waals surface area contributed by atoms with Crippen LogP contribution < -0.4 is 5.32 Å². The molecule has 0 spiro atoms. The molecule has 20 heavy (non-hydrogen) atoms. The number of ether oxygens (including phenoxy) is 1. The van der Waals surface area contributed by atoms with Crippen LogP contribution in [0.2, 0.25) is 0 Å². The average molecular weight is 283 g/mol. The molecule has 0 heterocycles. The molecule has 1 fully saturated rings. The summed E-state index contributed by atoms with van der Waals surface area (Å²) in [6.07, 6.45) is 2.14. The van der Waals surface area contributed by atoms with E-state index in [9.17, 15) is 18.4 Å². The Labute approximate surface area is 115 Å². The van der Waals surface area contributed by atoms with Gasteiger partial charge in [-0.25, -0.2) is 13.6 Å². The van der Waals surface area contributed by atoms with Gasteiger partial charge in [0.25, 0.3) is 5.91 Å². The average Bonchev–Trinajstić information content (AvgIpc) is 3.20. The van der Waals surface area contributed by atoms with E-state index in [0.29, 0.717) is 5.92 Å². The fourth-order valence-electron chi connectivity index (χ4n) is 1.91. The summed E-state index contributed by atoms with van der Waals surface area (Å²) in [5.74, 6) is -3.22. The highest BCUT2D eigenvalue weighted by Crippen LogP contribution is 2.32. The smallest absolute Gasteiger partial charge is 0.344 e. The second kappa shape index (κ2) is 5.98. The van der Waals surface area contributed by atoms with Crippen molar-refractivity contribution in [1.82, 2.24) is 5.32 Å². The van der Waals surface area contributed by atoms with Crippen molar-refractivity contribution in [3.63, 3.8) is 0 Å². The lowest BCUT2D eigenvalue weighted by molar-refractivity contribution is -0.125. The second-order valence-corrected chi connectivity index (χ2v) is 4.87. The van der Waals surface area contributed by atoms with Crippen LogP contribution >= 0.6 is 0 Å². The molecule has 108 valence electrons. The fourth-order valence-corrected chi connectivity index (χ4v) is 1.91. The summed E-state index contributed by atoms with van der Waals surface area (Å²) in [4.78, 5) is 23.1. The number of amides is 1. The Kier molecular flexibility index (Phi) is 4.32. The molecule has 1 amide bonds. The number of carbonyl (C=O) groups is 2. The monoisotopic (exact) mass is 283 g/mol. The van der Waals surface area contributed by atoms with Crippen LogP contribution in [0, 0.1) is 17.6 Å². The number of nitrogens with one attached hydrogen (secondary N) is 1. The van der Waals surface area contributed by atoms with Gasteiger partial charge in [-0.3, -0.25) is 4.79 Å². The SMILES string of the molecule is C[C@H](NC(=O)COC(=O)c1c(F)cccc1F)C1CC1. The van der Waals surface area contributed by atoms with Gasteiger partial charge in [0.1, 0.15) is 17.2 Å². The van der Waals surface area contributed by atoms with Crippen LogP contribution in [0.15, 0.2) is 18.2 Å². The molecule has 6 heteroatoms. The number of esters is 1. The van der Waals surface area contributed by atoms with Crippen molar-refractivity contribution in [2.75, 3.05) is 6.61 Å². The predicted octanol–water partition coefficient (Wildman–Crippen LogP) is 2.04. The third kappa shape index (κ3) is 3.53. The zero-order chi connectivity index (χ0) is 14.7. The first kappa shape index (κ1) is 14.4. The molecule has 1 aromatic rings. The van der Waals surface area contributed by atoms with E-state index >= 15 is 0 Å². The molecule has 4 nitrogen and oxygen atoms in total. The molecule has 0 aliphatic heterocycles. The number of hydrogen-bond donors (Lipinski definition) is 1. The van der Waals surface area contributed by atoms with Gasteiger partial charge in [-0.2, -0.15) is 0 Å². The first-order valence-corrected chi connectivity index (χ1v) is 6.39. The van der Waals surface area contributed by atoms with E-state index in [1.54, 1.807) is 0 Å². The van der Waals surface area contributed by atoms with Crippen LogP contribution in [0.1, 0.15) is 30.1 Å². The first-order valence-electron chi connectivity index (χ1n) is 6.39. The largest absolute Gasteiger partial charge is 0.452 e. The van der Waals surface area contributed by atoms with Crippen LogP contribution in [-0.2, 0) is 9.53 Å². The number of halogens is 2. The van der Waals surface area contributed by atoms with E-state index in [2.05, 4.69) is 10.1 Å². The molecule has 0 radical (unpaired) electrons. The molecule has 1 N–H and O–H groups in total. The molecule has 0 saturated heterocycles. The molecule has 2 rings (SSSR count). The van der Waals surface area contributed by atoms with Crippen LogP contribution in [0.4, 0.5) is 8.78 Å². The zero-order valence-electron chi connectivity index (χ0n) is 11.0. The Morgan fingerprint density at radius 3 is 2.50 bits per heavy atom. The number of carbonyl (C=O) groups excluding carboxylic acids is 2. The maximum absolute atomic E-state index is 13.3. The Balaban J connectivity index is 1.87. The maximum Gasteiger partial charge on any atom is 0.344 e. The van der Waals surface area contributed by atoms with Gasteiger partial charge in [-0.1, -0.05) is 6.07 Å². The summed E-state index contributed by atoms with van der Waals surface area (Å²) in [7, 11) is 0. The molecular formula is C14H15F2NO3. The van der Waals surface area contributed by atoms with Crippen molar-refractivity contribution in [2.24, 2.45) is 5.92 Å². The lowest BCUT2D eigenvalue weighted by atomic mass is 10.2. The highest BCUT2D eigenvalue weighted by Gasteiger charge is 2.29. The van der Waals surface area contributed by atoms with E-state index in [4.69, 9.17) is 0 Å². The summed E-state index contributed by atoms with van der Waals surface area (Å²) in [5.41, 5.74) is -0.782. The van der Waals surface area contributed by atoms with Crippen LogP contribution in [0.3, 0.4) is 0 Å². The van der Waals surface area contributed by atoms with Crippen LogP contribution in [0.25, 0.3) is 0 Å². The molecule has 1 aromatic carbocycles. The Morgan fingerprint density at radius 2 is 1.95 bits per heavy atom. The van der Waals surface area contributed by atoms with E-state index in [1.807, 2.05) is 6.92 Å². The summed E-state index contributed by atoms with van der Waals surface area (Å²) in [6, 6.07) is 3.07. The summed E-state index contributed by atoms with van der Waals surface area (Å²) >= 11 is 0. The number of benzene rings is 1. The normalized spacial score (nSPS) is 15.6. The lowest BCUT2D eigenvalue weighted by Gasteiger charge is -2.12. The second-order valence-electron chi connectivity index (χ2n) is 4.87. The predicted molar refractivity (Wildman–Crippen MR) is 67.0 cm³/mol. The number of rotatable bonds is 5.